The topological polar surface area (TPSA) is 143 Å². The van der Waals surface area contributed by atoms with Crippen molar-refractivity contribution < 1.29 is 38.1 Å². The van der Waals surface area contributed by atoms with E-state index in [4.69, 9.17) is 25.8 Å². The molecule has 2 N–H and O–H groups in total. The van der Waals surface area contributed by atoms with E-state index in [0.29, 0.717) is 35.0 Å². The first kappa shape index (κ1) is 28.7. The van der Waals surface area contributed by atoms with Gasteiger partial charge in [-0.05, 0) is 50.8 Å². The number of fused-ring (bicyclic) bond motifs is 3. The van der Waals surface area contributed by atoms with Crippen LogP contribution in [0.5, 0.6) is 5.88 Å². The molecule has 6 rings (SSSR count). The number of carbonyl (C=O) groups excluding carboxylic acids is 2. The van der Waals surface area contributed by atoms with E-state index < -0.39 is 23.6 Å². The molecule has 3 aliphatic rings. The number of amides is 3. The Morgan fingerprint density at radius 1 is 1.14 bits per heavy atom. The molecule has 4 heterocycles. The molecule has 1 saturated heterocycles. The fourth-order valence-electron chi connectivity index (χ4n) is 5.67. The van der Waals surface area contributed by atoms with Gasteiger partial charge in [-0.2, -0.15) is 0 Å². The Balaban J connectivity index is 1.19. The van der Waals surface area contributed by atoms with Gasteiger partial charge in [0.1, 0.15) is 35.6 Å². The first-order chi connectivity index (χ1) is 20.3. The van der Waals surface area contributed by atoms with Crippen LogP contribution < -0.4 is 15.0 Å². The summed E-state index contributed by atoms with van der Waals surface area (Å²) in [6.45, 7) is 8.24. The third kappa shape index (κ3) is 5.33. The van der Waals surface area contributed by atoms with E-state index >= 15 is 4.39 Å². The van der Waals surface area contributed by atoms with Crippen LogP contribution in [0.15, 0.2) is 24.5 Å². The lowest BCUT2D eigenvalue weighted by molar-refractivity contribution is 0.0244. The van der Waals surface area contributed by atoms with Gasteiger partial charge in [0.15, 0.2) is 0 Å². The second kappa shape index (κ2) is 10.4. The molecule has 2 fully saturated rings. The predicted molar refractivity (Wildman–Crippen MR) is 154 cm³/mol. The van der Waals surface area contributed by atoms with Crippen molar-refractivity contribution in [3.05, 3.63) is 40.9 Å². The van der Waals surface area contributed by atoms with Gasteiger partial charge in [0, 0.05) is 53.8 Å². The third-order valence-corrected chi connectivity index (χ3v) is 8.13. The van der Waals surface area contributed by atoms with Crippen molar-refractivity contribution >= 4 is 52.2 Å². The summed E-state index contributed by atoms with van der Waals surface area (Å²) >= 11 is 6.40. The van der Waals surface area contributed by atoms with Crippen LogP contribution in [-0.4, -0.2) is 76.2 Å². The number of ether oxygens (including phenoxy) is 3. The van der Waals surface area contributed by atoms with E-state index in [0.717, 1.165) is 4.90 Å². The molecule has 0 bridgehead atoms. The fraction of sp³-hybridized carbons (Fsp3) is 0.414. The zero-order chi connectivity index (χ0) is 30.8. The smallest absolute Gasteiger partial charge is 0.413 e. The lowest BCUT2D eigenvalue weighted by Crippen LogP contribution is -2.38. The summed E-state index contributed by atoms with van der Waals surface area (Å²) in [6.07, 6.45) is 0.186. The average Bonchev–Trinajstić information content (AvgIpc) is 3.35. The highest BCUT2D eigenvalue weighted by Crippen LogP contribution is 2.48. The summed E-state index contributed by atoms with van der Waals surface area (Å²) in [7, 11) is 0. The summed E-state index contributed by atoms with van der Waals surface area (Å²) in [5, 5.41) is 12.9. The Morgan fingerprint density at radius 2 is 1.86 bits per heavy atom. The number of benzene rings is 1. The van der Waals surface area contributed by atoms with Gasteiger partial charge in [-0.25, -0.2) is 28.7 Å². The lowest BCUT2D eigenvalue weighted by atomic mass is 9.97. The van der Waals surface area contributed by atoms with Gasteiger partial charge < -0.3 is 24.2 Å². The SMILES string of the molecule is Cc1c(-c2cc3cc(NC(=O)OC4[C@H]5CN(C(=O)OC(C)(C)C)C[C@@H]45)ncc3c(Cl)c2F)cnc2c1N(C(=O)O)CCO2. The molecule has 1 aliphatic carbocycles. The standard InChI is InChI=1S/C29H29ClFN5O7/c1-13-16(9-33-25-23(13)36(27(38)39)5-6-41-25)15-7-14-8-20(32-10-17(14)21(30)22(15)31)34-26(37)42-24-18-11-35(12-19(18)24)28(40)43-29(2,3)4/h7-10,18-19,24H,5-6,11-12H2,1-4H3,(H,38,39)(H,32,34,37)/t18-,19+,24?. The number of carbonyl (C=O) groups is 3. The Hall–Kier alpha value is -4.39. The molecule has 226 valence electrons. The first-order valence-electron chi connectivity index (χ1n) is 13.7. The molecule has 0 radical (unpaired) electrons. The molecule has 3 amide bonds. The van der Waals surface area contributed by atoms with E-state index in [1.807, 2.05) is 0 Å². The molecule has 0 spiro atoms. The molecule has 2 aromatic heterocycles. The molecule has 1 saturated carbocycles. The molecule has 3 atom stereocenters. The fourth-order valence-corrected chi connectivity index (χ4v) is 5.93. The van der Waals surface area contributed by atoms with E-state index in [2.05, 4.69) is 15.3 Å². The quantitative estimate of drug-likeness (QED) is 0.381. The van der Waals surface area contributed by atoms with Crippen LogP contribution in [-0.2, 0) is 9.47 Å². The summed E-state index contributed by atoms with van der Waals surface area (Å²) in [6, 6.07) is 3.08. The highest BCUT2D eigenvalue weighted by molar-refractivity contribution is 6.36. The Labute approximate surface area is 250 Å². The highest BCUT2D eigenvalue weighted by atomic mass is 35.5. The minimum absolute atomic E-state index is 0.0445. The molecule has 2 aliphatic heterocycles. The monoisotopic (exact) mass is 613 g/mol. The van der Waals surface area contributed by atoms with Crippen LogP contribution in [0.25, 0.3) is 21.9 Å². The van der Waals surface area contributed by atoms with Crippen molar-refractivity contribution in [2.75, 3.05) is 36.5 Å². The number of aromatic nitrogens is 2. The van der Waals surface area contributed by atoms with Gasteiger partial charge >= 0.3 is 18.3 Å². The normalized spacial score (nSPS) is 20.7. The van der Waals surface area contributed by atoms with Gasteiger partial charge in [0.2, 0.25) is 5.88 Å². The molecule has 43 heavy (non-hydrogen) atoms. The van der Waals surface area contributed by atoms with E-state index in [-0.39, 0.29) is 65.2 Å². The second-order valence-electron chi connectivity index (χ2n) is 11.8. The van der Waals surface area contributed by atoms with Crippen LogP contribution in [0.4, 0.5) is 30.3 Å². The zero-order valence-corrected chi connectivity index (χ0v) is 24.6. The average molecular weight is 614 g/mol. The number of hydrogen-bond acceptors (Lipinski definition) is 8. The van der Waals surface area contributed by atoms with E-state index in [1.54, 1.807) is 32.6 Å². The van der Waals surface area contributed by atoms with Crippen molar-refractivity contribution in [2.45, 2.75) is 39.4 Å². The third-order valence-electron chi connectivity index (χ3n) is 7.76. The summed E-state index contributed by atoms with van der Waals surface area (Å²) in [4.78, 5) is 48.0. The number of nitrogens with one attached hydrogen (secondary N) is 1. The number of likely N-dealkylation sites (tertiary alicyclic amines) is 1. The second-order valence-corrected chi connectivity index (χ2v) is 12.2. The predicted octanol–water partition coefficient (Wildman–Crippen LogP) is 5.69. The lowest BCUT2D eigenvalue weighted by Gasteiger charge is -2.28. The molecule has 1 aromatic carbocycles. The minimum atomic E-state index is -1.17. The Morgan fingerprint density at radius 3 is 2.53 bits per heavy atom. The molecule has 3 aromatic rings. The van der Waals surface area contributed by atoms with Crippen molar-refractivity contribution in [3.63, 3.8) is 0 Å². The highest BCUT2D eigenvalue weighted by Gasteiger charge is 2.60. The van der Waals surface area contributed by atoms with Crippen molar-refractivity contribution in [1.82, 2.24) is 14.9 Å². The van der Waals surface area contributed by atoms with Crippen LogP contribution in [0.3, 0.4) is 0 Å². The Bertz CT molecular complexity index is 1670. The molecular weight excluding hydrogens is 585 g/mol. The van der Waals surface area contributed by atoms with Gasteiger partial charge in [-0.3, -0.25) is 10.2 Å². The number of rotatable bonds is 3. The molecule has 14 heteroatoms. The van der Waals surface area contributed by atoms with E-state index in [9.17, 15) is 19.5 Å². The summed E-state index contributed by atoms with van der Waals surface area (Å²) in [5.41, 5.74) is 0.545. The summed E-state index contributed by atoms with van der Waals surface area (Å²) in [5.74, 6) is -0.321. The molecule has 12 nitrogen and oxygen atoms in total. The number of halogens is 2. The van der Waals surface area contributed by atoms with Crippen LogP contribution in [0, 0.1) is 24.6 Å². The maximum atomic E-state index is 15.5. The number of hydrogen-bond donors (Lipinski definition) is 2. The number of anilines is 2. The first-order valence-corrected chi connectivity index (χ1v) is 14.1. The number of carboxylic acid groups (broad SMARTS) is 1. The Kier molecular flexibility index (Phi) is 6.95. The van der Waals surface area contributed by atoms with Gasteiger partial charge in [0.25, 0.3) is 0 Å². The minimum Gasteiger partial charge on any atom is -0.474 e. The van der Waals surface area contributed by atoms with Gasteiger partial charge in [0.05, 0.1) is 11.6 Å². The van der Waals surface area contributed by atoms with Crippen molar-refractivity contribution in [3.8, 4) is 17.0 Å². The van der Waals surface area contributed by atoms with Crippen molar-refractivity contribution in [1.29, 1.82) is 0 Å². The van der Waals surface area contributed by atoms with Crippen LogP contribution in [0.2, 0.25) is 5.02 Å². The maximum Gasteiger partial charge on any atom is 0.413 e. The van der Waals surface area contributed by atoms with Crippen molar-refractivity contribution in [2.24, 2.45) is 11.8 Å². The number of piperidine rings is 1. The number of nitrogens with zero attached hydrogens (tertiary/aromatic N) is 4. The van der Waals surface area contributed by atoms with Gasteiger partial charge in [-0.15, -0.1) is 0 Å². The van der Waals surface area contributed by atoms with Crippen LogP contribution >= 0.6 is 11.6 Å². The van der Waals surface area contributed by atoms with E-state index in [1.165, 1.54) is 24.5 Å². The largest absolute Gasteiger partial charge is 0.474 e. The zero-order valence-electron chi connectivity index (χ0n) is 23.8. The van der Waals surface area contributed by atoms with Gasteiger partial charge in [-0.1, -0.05) is 11.6 Å². The summed E-state index contributed by atoms with van der Waals surface area (Å²) < 4.78 is 32.1. The molecular formula is C29H29ClFN5O7. The molecule has 1 unspecified atom stereocenters. The van der Waals surface area contributed by atoms with Crippen LogP contribution in [0.1, 0.15) is 26.3 Å². The maximum absolute atomic E-state index is 15.5. The number of pyridine rings is 2.